The van der Waals surface area contributed by atoms with Crippen LogP contribution in [-0.2, 0) is 4.79 Å². The predicted octanol–water partition coefficient (Wildman–Crippen LogP) is 8.39. The van der Waals surface area contributed by atoms with Crippen molar-refractivity contribution in [1.29, 1.82) is 0 Å². The summed E-state index contributed by atoms with van der Waals surface area (Å²) in [5, 5.41) is 23.3. The van der Waals surface area contributed by atoms with Gasteiger partial charge in [0.1, 0.15) is 5.60 Å². The minimum absolute atomic E-state index is 0.0777. The van der Waals surface area contributed by atoms with Gasteiger partial charge in [-0.1, -0.05) is 142 Å². The molecule has 0 aliphatic rings. The third-order valence-corrected chi connectivity index (χ3v) is 7.16. The third-order valence-electron chi connectivity index (χ3n) is 7.16. The molecule has 208 valence electrons. The Hall–Kier alpha value is -0.870. The van der Waals surface area contributed by atoms with Gasteiger partial charge in [-0.15, -0.1) is 0 Å². The molecule has 3 N–H and O–H groups in total. The zero-order valence-corrected chi connectivity index (χ0v) is 23.8. The van der Waals surface area contributed by atoms with Crippen molar-refractivity contribution in [2.24, 2.45) is 0 Å². The number of nitrogens with one attached hydrogen (secondary N) is 1. The summed E-state index contributed by atoms with van der Waals surface area (Å²) in [6.07, 6.45) is 30.7. The van der Waals surface area contributed by atoms with Crippen LogP contribution in [0.15, 0.2) is 12.2 Å². The lowest BCUT2D eigenvalue weighted by molar-refractivity contribution is -0.124. The van der Waals surface area contributed by atoms with Gasteiger partial charge in [0.25, 0.3) is 0 Å². The number of aliphatic hydroxyl groups is 2. The average molecular weight is 496 g/mol. The fourth-order valence-corrected chi connectivity index (χ4v) is 4.60. The Morgan fingerprint density at radius 3 is 1.54 bits per heavy atom. The van der Waals surface area contributed by atoms with E-state index >= 15 is 0 Å². The molecule has 0 bridgehead atoms. The van der Waals surface area contributed by atoms with Gasteiger partial charge in [-0.25, -0.2) is 0 Å². The largest absolute Gasteiger partial charge is 0.394 e. The first-order valence-corrected chi connectivity index (χ1v) is 15.3. The summed E-state index contributed by atoms with van der Waals surface area (Å²) in [5.41, 5.74) is -1.24. The molecular formula is C31H61NO3. The number of amides is 1. The van der Waals surface area contributed by atoms with Crippen molar-refractivity contribution < 1.29 is 15.0 Å². The second kappa shape index (κ2) is 24.8. The van der Waals surface area contributed by atoms with E-state index in [9.17, 15) is 15.0 Å². The molecule has 0 saturated carbocycles. The summed E-state index contributed by atoms with van der Waals surface area (Å²) in [7, 11) is 0. The first-order chi connectivity index (χ1) is 17.0. The smallest absolute Gasteiger partial charge is 0.220 e. The molecule has 0 saturated heterocycles. The summed E-state index contributed by atoms with van der Waals surface area (Å²) < 4.78 is 0. The van der Waals surface area contributed by atoms with Crippen molar-refractivity contribution in [3.05, 3.63) is 12.2 Å². The van der Waals surface area contributed by atoms with E-state index in [2.05, 4.69) is 19.2 Å². The van der Waals surface area contributed by atoms with Crippen LogP contribution < -0.4 is 5.32 Å². The van der Waals surface area contributed by atoms with E-state index in [1.54, 1.807) is 13.0 Å². The lowest BCUT2D eigenvalue weighted by Crippen LogP contribution is -2.52. The van der Waals surface area contributed by atoms with Crippen molar-refractivity contribution in [2.75, 3.05) is 6.61 Å². The van der Waals surface area contributed by atoms with Crippen molar-refractivity contribution in [3.63, 3.8) is 0 Å². The molecule has 0 unspecified atom stereocenters. The van der Waals surface area contributed by atoms with Crippen LogP contribution in [0.2, 0.25) is 0 Å². The quantitative estimate of drug-likeness (QED) is 0.0833. The molecule has 0 spiro atoms. The van der Waals surface area contributed by atoms with Crippen molar-refractivity contribution in [3.8, 4) is 0 Å². The molecule has 35 heavy (non-hydrogen) atoms. The zero-order chi connectivity index (χ0) is 26.0. The maximum atomic E-state index is 12.3. The summed E-state index contributed by atoms with van der Waals surface area (Å²) in [4.78, 5) is 12.3. The molecule has 0 rings (SSSR count). The van der Waals surface area contributed by atoms with E-state index in [0.29, 0.717) is 6.42 Å². The molecule has 0 aromatic rings. The Morgan fingerprint density at radius 2 is 1.11 bits per heavy atom. The summed E-state index contributed by atoms with van der Waals surface area (Å²) in [6.45, 7) is 5.91. The van der Waals surface area contributed by atoms with E-state index in [0.717, 1.165) is 25.7 Å². The van der Waals surface area contributed by atoms with Gasteiger partial charge in [-0.2, -0.15) is 0 Å². The molecule has 0 aliphatic carbocycles. The topological polar surface area (TPSA) is 69.6 Å². The number of allylic oxidation sites excluding steroid dienone is 1. The highest BCUT2D eigenvalue weighted by Crippen LogP contribution is 2.16. The number of carbonyl (C=O) groups excluding carboxylic acids is 1. The normalized spacial score (nSPS) is 14.3. The standard InChI is InChI=1S/C31H61NO3/c1-4-6-8-10-12-14-15-16-17-19-21-23-25-27-31(3,35)29(28-33)32-30(34)26-24-22-20-18-13-11-9-7-5-2/h25,27,29,33,35H,4-24,26,28H2,1-3H3,(H,32,34)/b27-25+/t29-,31+/m0/s1. The maximum Gasteiger partial charge on any atom is 0.220 e. The van der Waals surface area contributed by atoms with E-state index < -0.39 is 11.6 Å². The Bertz CT molecular complexity index is 490. The number of hydrogen-bond donors (Lipinski definition) is 3. The highest BCUT2D eigenvalue weighted by atomic mass is 16.3. The lowest BCUT2D eigenvalue weighted by Gasteiger charge is -2.29. The number of carbonyl (C=O) groups is 1. The fourth-order valence-electron chi connectivity index (χ4n) is 4.60. The van der Waals surface area contributed by atoms with E-state index in [1.807, 2.05) is 6.08 Å². The summed E-state index contributed by atoms with van der Waals surface area (Å²) >= 11 is 0. The summed E-state index contributed by atoms with van der Waals surface area (Å²) in [5.74, 6) is -0.0777. The zero-order valence-electron chi connectivity index (χ0n) is 23.8. The van der Waals surface area contributed by atoms with Crippen LogP contribution in [0, 0.1) is 0 Å². The first-order valence-electron chi connectivity index (χ1n) is 15.3. The second-order valence-corrected chi connectivity index (χ2v) is 10.8. The number of aliphatic hydroxyl groups excluding tert-OH is 1. The Balaban J connectivity index is 3.86. The van der Waals surface area contributed by atoms with Gasteiger partial charge in [0.2, 0.25) is 5.91 Å². The fraction of sp³-hybridized carbons (Fsp3) is 0.903. The maximum absolute atomic E-state index is 12.3. The van der Waals surface area contributed by atoms with Crippen LogP contribution in [0.5, 0.6) is 0 Å². The summed E-state index contributed by atoms with van der Waals surface area (Å²) in [6, 6.07) is -0.665. The van der Waals surface area contributed by atoms with Gasteiger partial charge in [0.15, 0.2) is 0 Å². The Labute approximate surface area is 218 Å². The second-order valence-electron chi connectivity index (χ2n) is 10.8. The molecule has 0 heterocycles. The molecule has 0 aromatic heterocycles. The van der Waals surface area contributed by atoms with Crippen molar-refractivity contribution in [1.82, 2.24) is 5.32 Å². The highest BCUT2D eigenvalue weighted by molar-refractivity contribution is 5.76. The average Bonchev–Trinajstić information content (AvgIpc) is 2.84. The van der Waals surface area contributed by atoms with Crippen LogP contribution in [0.4, 0.5) is 0 Å². The number of unbranched alkanes of at least 4 members (excludes halogenated alkanes) is 19. The predicted molar refractivity (Wildman–Crippen MR) is 152 cm³/mol. The minimum Gasteiger partial charge on any atom is -0.394 e. The van der Waals surface area contributed by atoms with Crippen LogP contribution in [0.25, 0.3) is 0 Å². The molecular weight excluding hydrogens is 434 g/mol. The van der Waals surface area contributed by atoms with E-state index in [-0.39, 0.29) is 12.5 Å². The first kappa shape index (κ1) is 34.1. The molecule has 4 heteroatoms. The Kier molecular flexibility index (Phi) is 24.2. The third kappa shape index (κ3) is 22.1. The Morgan fingerprint density at radius 1 is 0.714 bits per heavy atom. The van der Waals surface area contributed by atoms with Crippen LogP contribution in [0.1, 0.15) is 162 Å². The van der Waals surface area contributed by atoms with Gasteiger partial charge in [-0.05, 0) is 26.2 Å². The monoisotopic (exact) mass is 495 g/mol. The van der Waals surface area contributed by atoms with E-state index in [4.69, 9.17) is 0 Å². The van der Waals surface area contributed by atoms with Crippen LogP contribution >= 0.6 is 0 Å². The van der Waals surface area contributed by atoms with Gasteiger partial charge in [0, 0.05) is 6.42 Å². The van der Waals surface area contributed by atoms with E-state index in [1.165, 1.54) is 109 Å². The van der Waals surface area contributed by atoms with Gasteiger partial charge in [-0.3, -0.25) is 4.79 Å². The molecule has 2 atom stereocenters. The molecule has 1 amide bonds. The van der Waals surface area contributed by atoms with Gasteiger partial charge >= 0.3 is 0 Å². The van der Waals surface area contributed by atoms with Crippen LogP contribution in [-0.4, -0.2) is 34.4 Å². The van der Waals surface area contributed by atoms with Crippen LogP contribution in [0.3, 0.4) is 0 Å². The molecule has 0 fully saturated rings. The molecule has 4 nitrogen and oxygen atoms in total. The van der Waals surface area contributed by atoms with Crippen molar-refractivity contribution >= 4 is 5.91 Å². The molecule has 0 aliphatic heterocycles. The molecule has 0 aromatic carbocycles. The number of rotatable bonds is 26. The molecule has 0 radical (unpaired) electrons. The highest BCUT2D eigenvalue weighted by Gasteiger charge is 2.29. The van der Waals surface area contributed by atoms with Gasteiger partial charge < -0.3 is 15.5 Å². The van der Waals surface area contributed by atoms with Gasteiger partial charge in [0.05, 0.1) is 12.6 Å². The SMILES string of the molecule is CCCCCCCCCCCCC/C=C/[C@@](C)(O)[C@H](CO)NC(=O)CCCCCCCCCCC. The number of hydrogen-bond acceptors (Lipinski definition) is 3. The lowest BCUT2D eigenvalue weighted by atomic mass is 9.95. The minimum atomic E-state index is -1.24. The van der Waals surface area contributed by atoms with Crippen molar-refractivity contribution in [2.45, 2.75) is 174 Å².